The number of rotatable bonds is 6. The number of phenolic OH excluding ortho intramolecular Hbond substituents is 2. The van der Waals surface area contributed by atoms with Crippen LogP contribution in [-0.2, 0) is 12.8 Å². The molecule has 6 nitrogen and oxygen atoms in total. The van der Waals surface area contributed by atoms with Crippen LogP contribution >= 0.6 is 11.8 Å². The fraction of sp³-hybridized carbons (Fsp3) is 0.222. The summed E-state index contributed by atoms with van der Waals surface area (Å²) in [6.07, 6.45) is 0.721. The zero-order valence-corrected chi connectivity index (χ0v) is 14.6. The summed E-state index contributed by atoms with van der Waals surface area (Å²) < 4.78 is 0. The van der Waals surface area contributed by atoms with Gasteiger partial charge in [0, 0.05) is 0 Å². The minimum atomic E-state index is -1.11. The van der Waals surface area contributed by atoms with Gasteiger partial charge in [0.05, 0.1) is 20.9 Å². The first kappa shape index (κ1) is 18.7. The summed E-state index contributed by atoms with van der Waals surface area (Å²) in [6.45, 7) is 3.53. The standard InChI is InChI=1S/C18H18O6S/c1-3-9-11(17(21)22)5-7-13(19)15(9)25-16-10(4-2)12(18(23)24)6-8-14(16)20/h5-8,19-20H,3-4H2,1-2H3,(H,21,22)(H,23,24). The third kappa shape index (κ3) is 3.56. The molecule has 0 aliphatic heterocycles. The van der Waals surface area contributed by atoms with Gasteiger partial charge in [-0.05, 0) is 48.2 Å². The largest absolute Gasteiger partial charge is 0.507 e. The molecule has 0 aliphatic rings. The number of hydrogen-bond donors (Lipinski definition) is 4. The average molecular weight is 362 g/mol. The monoisotopic (exact) mass is 362 g/mol. The molecule has 25 heavy (non-hydrogen) atoms. The molecule has 2 rings (SSSR count). The molecule has 2 aromatic rings. The lowest BCUT2D eigenvalue weighted by Crippen LogP contribution is -2.05. The number of carbonyl (C=O) groups is 2. The summed E-state index contributed by atoms with van der Waals surface area (Å²) in [5, 5.41) is 39.1. The van der Waals surface area contributed by atoms with Gasteiger partial charge in [-0.1, -0.05) is 25.6 Å². The van der Waals surface area contributed by atoms with Gasteiger partial charge < -0.3 is 20.4 Å². The molecule has 0 saturated heterocycles. The molecule has 0 fully saturated rings. The highest BCUT2D eigenvalue weighted by Crippen LogP contribution is 2.44. The zero-order chi connectivity index (χ0) is 18.7. The lowest BCUT2D eigenvalue weighted by molar-refractivity contribution is 0.0684. The maximum Gasteiger partial charge on any atom is 0.336 e. The highest BCUT2D eigenvalue weighted by Gasteiger charge is 2.22. The maximum absolute atomic E-state index is 11.4. The van der Waals surface area contributed by atoms with E-state index in [2.05, 4.69) is 0 Å². The molecule has 0 aliphatic carbocycles. The van der Waals surface area contributed by atoms with E-state index in [1.165, 1.54) is 24.3 Å². The van der Waals surface area contributed by atoms with Crippen LogP contribution in [0.4, 0.5) is 0 Å². The Morgan fingerprint density at radius 2 is 1.16 bits per heavy atom. The van der Waals surface area contributed by atoms with Gasteiger partial charge in [0.2, 0.25) is 0 Å². The van der Waals surface area contributed by atoms with E-state index in [0.29, 0.717) is 33.8 Å². The Morgan fingerprint density at radius 1 is 0.800 bits per heavy atom. The summed E-state index contributed by atoms with van der Waals surface area (Å²) in [4.78, 5) is 23.4. The van der Waals surface area contributed by atoms with Crippen LogP contribution in [0, 0.1) is 0 Å². The van der Waals surface area contributed by atoms with Gasteiger partial charge in [-0.25, -0.2) is 9.59 Å². The molecule has 0 aromatic heterocycles. The van der Waals surface area contributed by atoms with E-state index in [0.717, 1.165) is 11.8 Å². The first-order chi connectivity index (χ1) is 11.8. The molecule has 4 N–H and O–H groups in total. The van der Waals surface area contributed by atoms with Gasteiger partial charge >= 0.3 is 11.9 Å². The van der Waals surface area contributed by atoms with E-state index in [-0.39, 0.29) is 22.6 Å². The van der Waals surface area contributed by atoms with Crippen LogP contribution in [0.1, 0.15) is 45.7 Å². The Bertz CT molecular complexity index is 774. The number of phenols is 2. The molecule has 132 valence electrons. The molecule has 0 amide bonds. The van der Waals surface area contributed by atoms with Crippen LogP contribution in [0.5, 0.6) is 11.5 Å². The quantitative estimate of drug-likeness (QED) is 0.618. The highest BCUT2D eigenvalue weighted by atomic mass is 32.2. The molecule has 0 bridgehead atoms. The van der Waals surface area contributed by atoms with Crippen molar-refractivity contribution in [2.45, 2.75) is 36.5 Å². The Hall–Kier alpha value is -2.67. The molecule has 0 saturated carbocycles. The third-order valence-electron chi connectivity index (χ3n) is 3.85. The van der Waals surface area contributed by atoms with Crippen molar-refractivity contribution >= 4 is 23.7 Å². The van der Waals surface area contributed by atoms with Gasteiger partial charge in [-0.2, -0.15) is 0 Å². The van der Waals surface area contributed by atoms with Gasteiger partial charge in [0.25, 0.3) is 0 Å². The highest BCUT2D eigenvalue weighted by molar-refractivity contribution is 7.99. The van der Waals surface area contributed by atoms with E-state index in [1.54, 1.807) is 13.8 Å². The van der Waals surface area contributed by atoms with Crippen molar-refractivity contribution in [3.8, 4) is 11.5 Å². The predicted octanol–water partition coefficient (Wildman–Crippen LogP) is 3.77. The Labute approximate surface area is 148 Å². The molecule has 7 heteroatoms. The van der Waals surface area contributed by atoms with Crippen molar-refractivity contribution in [3.63, 3.8) is 0 Å². The number of aromatic hydroxyl groups is 2. The van der Waals surface area contributed by atoms with Crippen molar-refractivity contribution in [2.24, 2.45) is 0 Å². The minimum absolute atomic E-state index is 0.0646. The number of hydrogen-bond acceptors (Lipinski definition) is 5. The van der Waals surface area contributed by atoms with Crippen molar-refractivity contribution in [2.75, 3.05) is 0 Å². The molecule has 0 heterocycles. The Balaban J connectivity index is 2.68. The van der Waals surface area contributed by atoms with E-state index in [9.17, 15) is 30.0 Å². The second kappa shape index (κ2) is 7.48. The number of carboxylic acid groups (broad SMARTS) is 2. The van der Waals surface area contributed by atoms with Crippen LogP contribution < -0.4 is 0 Å². The normalized spacial score (nSPS) is 10.6. The van der Waals surface area contributed by atoms with Crippen LogP contribution in [0.3, 0.4) is 0 Å². The van der Waals surface area contributed by atoms with Crippen molar-refractivity contribution in [1.82, 2.24) is 0 Å². The predicted molar refractivity (Wildman–Crippen MR) is 93.0 cm³/mol. The van der Waals surface area contributed by atoms with Gasteiger partial charge in [-0.3, -0.25) is 0 Å². The zero-order valence-electron chi connectivity index (χ0n) is 13.7. The fourth-order valence-electron chi connectivity index (χ4n) is 2.66. The minimum Gasteiger partial charge on any atom is -0.507 e. The second-order valence-corrected chi connectivity index (χ2v) is 6.32. The number of benzene rings is 2. The van der Waals surface area contributed by atoms with Crippen LogP contribution in [0.25, 0.3) is 0 Å². The van der Waals surface area contributed by atoms with Crippen molar-refractivity contribution in [1.29, 1.82) is 0 Å². The third-order valence-corrected chi connectivity index (χ3v) is 5.17. The Kier molecular flexibility index (Phi) is 5.58. The summed E-state index contributed by atoms with van der Waals surface area (Å²) >= 11 is 0.980. The summed E-state index contributed by atoms with van der Waals surface area (Å²) in [5.41, 5.74) is 0.990. The summed E-state index contributed by atoms with van der Waals surface area (Å²) in [6, 6.07) is 5.23. The van der Waals surface area contributed by atoms with Gasteiger partial charge in [0.1, 0.15) is 11.5 Å². The van der Waals surface area contributed by atoms with E-state index in [1.807, 2.05) is 0 Å². The molecule has 0 unspecified atom stereocenters. The molecular formula is C18H18O6S. The van der Waals surface area contributed by atoms with Crippen molar-refractivity contribution in [3.05, 3.63) is 46.5 Å². The van der Waals surface area contributed by atoms with Gasteiger partial charge in [0.15, 0.2) is 0 Å². The summed E-state index contributed by atoms with van der Waals surface area (Å²) in [5.74, 6) is -2.46. The fourth-order valence-corrected chi connectivity index (χ4v) is 3.97. The van der Waals surface area contributed by atoms with E-state index in [4.69, 9.17) is 0 Å². The smallest absolute Gasteiger partial charge is 0.336 e. The number of aromatic carboxylic acids is 2. The topological polar surface area (TPSA) is 115 Å². The van der Waals surface area contributed by atoms with Crippen LogP contribution in [0.2, 0.25) is 0 Å². The second-order valence-electron chi connectivity index (χ2n) is 5.30. The van der Waals surface area contributed by atoms with Crippen molar-refractivity contribution < 1.29 is 30.0 Å². The molecule has 0 spiro atoms. The molecule has 0 radical (unpaired) electrons. The first-order valence-corrected chi connectivity index (χ1v) is 8.47. The van der Waals surface area contributed by atoms with E-state index < -0.39 is 11.9 Å². The molecule has 2 aromatic carbocycles. The maximum atomic E-state index is 11.4. The first-order valence-electron chi connectivity index (χ1n) is 7.65. The van der Waals surface area contributed by atoms with E-state index >= 15 is 0 Å². The van der Waals surface area contributed by atoms with Crippen LogP contribution in [0.15, 0.2) is 34.1 Å². The molecular weight excluding hydrogens is 344 g/mol. The van der Waals surface area contributed by atoms with Gasteiger partial charge in [-0.15, -0.1) is 0 Å². The average Bonchev–Trinajstić information content (AvgIpc) is 2.56. The number of carboxylic acids is 2. The lowest BCUT2D eigenvalue weighted by atomic mass is 10.0. The molecule has 0 atom stereocenters. The van der Waals surface area contributed by atoms with Crippen LogP contribution in [-0.4, -0.2) is 32.4 Å². The lowest BCUT2D eigenvalue weighted by Gasteiger charge is -2.16. The Morgan fingerprint density at radius 3 is 1.44 bits per heavy atom. The SMILES string of the molecule is CCc1c(C(=O)O)ccc(O)c1Sc1c(O)ccc(C(=O)O)c1CC. The summed E-state index contributed by atoms with van der Waals surface area (Å²) in [7, 11) is 0.